The number of para-hydroxylation sites is 1. The van der Waals surface area contributed by atoms with E-state index in [0.29, 0.717) is 27.8 Å². The lowest BCUT2D eigenvalue weighted by Gasteiger charge is -2.12. The summed E-state index contributed by atoms with van der Waals surface area (Å²) >= 11 is 0. The molecule has 8 nitrogen and oxygen atoms in total. The van der Waals surface area contributed by atoms with Crippen LogP contribution in [0.15, 0.2) is 77.6 Å². The van der Waals surface area contributed by atoms with Gasteiger partial charge in [0.2, 0.25) is 0 Å². The first-order valence-electron chi connectivity index (χ1n) is 9.06. The molecule has 1 N–H and O–H groups in total. The summed E-state index contributed by atoms with van der Waals surface area (Å²) in [6.07, 6.45) is 0. The van der Waals surface area contributed by atoms with Gasteiger partial charge >= 0.3 is 0 Å². The van der Waals surface area contributed by atoms with Gasteiger partial charge in [0.15, 0.2) is 0 Å². The van der Waals surface area contributed by atoms with E-state index >= 15 is 0 Å². The van der Waals surface area contributed by atoms with Crippen LogP contribution in [0.5, 0.6) is 0 Å². The van der Waals surface area contributed by atoms with E-state index in [1.54, 1.807) is 55.6 Å². The molecule has 0 aliphatic carbocycles. The maximum Gasteiger partial charge on any atom is 0.277 e. The highest BCUT2D eigenvalue weighted by Crippen LogP contribution is 2.27. The van der Waals surface area contributed by atoms with Gasteiger partial charge in [-0.3, -0.25) is 19.7 Å². The standard InChI is InChI=1S/C22H16N4O4/c1-25-19-12-11-15(26(29)30)13-18(19)23-20(22(25)28)16-9-5-6-10-17(16)24-21(27)14-7-3-2-4-8-14/h2-13H,1H3,(H,24,27). The summed E-state index contributed by atoms with van der Waals surface area (Å²) in [7, 11) is 1.58. The maximum atomic E-state index is 13.0. The average Bonchev–Trinajstić information content (AvgIpc) is 2.77. The van der Waals surface area contributed by atoms with E-state index in [1.165, 1.54) is 22.8 Å². The van der Waals surface area contributed by atoms with Crippen molar-refractivity contribution in [1.82, 2.24) is 9.55 Å². The van der Waals surface area contributed by atoms with Gasteiger partial charge in [-0.05, 0) is 24.3 Å². The molecule has 1 heterocycles. The minimum atomic E-state index is -0.514. The number of nitro groups is 1. The molecule has 30 heavy (non-hydrogen) atoms. The van der Waals surface area contributed by atoms with E-state index in [9.17, 15) is 19.7 Å². The first-order valence-corrected chi connectivity index (χ1v) is 9.06. The molecule has 8 heteroatoms. The number of amides is 1. The number of hydrogen-bond acceptors (Lipinski definition) is 5. The minimum absolute atomic E-state index is 0.0921. The fourth-order valence-corrected chi connectivity index (χ4v) is 3.19. The summed E-state index contributed by atoms with van der Waals surface area (Å²) in [4.78, 5) is 40.6. The second kappa shape index (κ2) is 7.59. The number of nitro benzene ring substituents is 1. The number of rotatable bonds is 4. The monoisotopic (exact) mass is 400 g/mol. The molecule has 0 saturated heterocycles. The summed E-state index contributed by atoms with van der Waals surface area (Å²) in [5, 5.41) is 13.9. The molecule has 0 aliphatic rings. The van der Waals surface area contributed by atoms with E-state index in [4.69, 9.17) is 0 Å². The Morgan fingerprint density at radius 2 is 1.73 bits per heavy atom. The zero-order chi connectivity index (χ0) is 21.3. The number of fused-ring (bicyclic) bond motifs is 1. The van der Waals surface area contributed by atoms with Crippen molar-refractivity contribution in [2.24, 2.45) is 7.05 Å². The summed E-state index contributed by atoms with van der Waals surface area (Å²) < 4.78 is 1.39. The van der Waals surface area contributed by atoms with Crippen molar-refractivity contribution < 1.29 is 9.72 Å². The summed E-state index contributed by atoms with van der Waals surface area (Å²) in [6.45, 7) is 0. The van der Waals surface area contributed by atoms with Crippen LogP contribution in [0.1, 0.15) is 10.4 Å². The largest absolute Gasteiger partial charge is 0.321 e. The molecule has 3 aromatic carbocycles. The lowest BCUT2D eigenvalue weighted by atomic mass is 10.1. The number of nitrogens with zero attached hydrogens (tertiary/aromatic N) is 3. The third kappa shape index (κ3) is 3.42. The van der Waals surface area contributed by atoms with Crippen LogP contribution in [0.3, 0.4) is 0 Å². The lowest BCUT2D eigenvalue weighted by Crippen LogP contribution is -2.22. The quantitative estimate of drug-likeness (QED) is 0.415. The Balaban J connectivity index is 1.85. The van der Waals surface area contributed by atoms with Crippen LogP contribution >= 0.6 is 0 Å². The summed E-state index contributed by atoms with van der Waals surface area (Å²) in [5.74, 6) is -0.323. The van der Waals surface area contributed by atoms with E-state index in [1.807, 2.05) is 6.07 Å². The molecule has 0 spiro atoms. The molecule has 0 unspecified atom stereocenters. The van der Waals surface area contributed by atoms with Crippen LogP contribution in [0.4, 0.5) is 11.4 Å². The second-order valence-electron chi connectivity index (χ2n) is 6.62. The van der Waals surface area contributed by atoms with Gasteiger partial charge < -0.3 is 9.88 Å². The van der Waals surface area contributed by atoms with Crippen LogP contribution in [0, 0.1) is 10.1 Å². The van der Waals surface area contributed by atoms with Crippen LogP contribution in [0.2, 0.25) is 0 Å². The number of non-ortho nitro benzene ring substituents is 1. The predicted octanol–water partition coefficient (Wildman–Crippen LogP) is 3.76. The van der Waals surface area contributed by atoms with Crippen LogP contribution in [-0.4, -0.2) is 20.4 Å². The molecule has 0 aliphatic heterocycles. The average molecular weight is 400 g/mol. The van der Waals surface area contributed by atoms with Crippen molar-refractivity contribution in [3.05, 3.63) is 98.8 Å². The molecular formula is C22H16N4O4. The molecule has 0 bridgehead atoms. The number of benzene rings is 3. The molecule has 1 amide bonds. The minimum Gasteiger partial charge on any atom is -0.321 e. The first kappa shape index (κ1) is 19.0. The Bertz CT molecular complexity index is 1350. The van der Waals surface area contributed by atoms with Crippen molar-refractivity contribution in [2.45, 2.75) is 0 Å². The Morgan fingerprint density at radius 1 is 1.03 bits per heavy atom. The number of nitrogens with one attached hydrogen (secondary N) is 1. The van der Waals surface area contributed by atoms with Crippen LogP contribution < -0.4 is 10.9 Å². The highest BCUT2D eigenvalue weighted by Gasteiger charge is 2.17. The van der Waals surface area contributed by atoms with Crippen molar-refractivity contribution in [2.75, 3.05) is 5.32 Å². The van der Waals surface area contributed by atoms with Gasteiger partial charge in [-0.15, -0.1) is 0 Å². The normalized spacial score (nSPS) is 10.7. The number of aryl methyl sites for hydroxylation is 1. The van der Waals surface area contributed by atoms with E-state index in [0.717, 1.165) is 0 Å². The molecule has 148 valence electrons. The van der Waals surface area contributed by atoms with E-state index in [-0.39, 0.29) is 22.8 Å². The maximum absolute atomic E-state index is 13.0. The molecular weight excluding hydrogens is 384 g/mol. The third-order valence-corrected chi connectivity index (χ3v) is 4.74. The zero-order valence-electron chi connectivity index (χ0n) is 15.9. The van der Waals surface area contributed by atoms with Gasteiger partial charge in [0.25, 0.3) is 17.2 Å². The molecule has 0 saturated carbocycles. The van der Waals surface area contributed by atoms with Gasteiger partial charge in [0, 0.05) is 30.3 Å². The number of carbonyl (C=O) groups excluding carboxylic acids is 1. The highest BCUT2D eigenvalue weighted by molar-refractivity contribution is 6.06. The smallest absolute Gasteiger partial charge is 0.277 e. The topological polar surface area (TPSA) is 107 Å². The zero-order valence-corrected chi connectivity index (χ0v) is 15.9. The fraction of sp³-hybridized carbons (Fsp3) is 0.0455. The van der Waals surface area contributed by atoms with Crippen LogP contribution in [-0.2, 0) is 7.05 Å². The number of carbonyl (C=O) groups is 1. The third-order valence-electron chi connectivity index (χ3n) is 4.74. The van der Waals surface area contributed by atoms with Crippen molar-refractivity contribution in [3.63, 3.8) is 0 Å². The molecule has 1 aromatic heterocycles. The molecule has 0 radical (unpaired) electrons. The van der Waals surface area contributed by atoms with E-state index in [2.05, 4.69) is 10.3 Å². The van der Waals surface area contributed by atoms with Crippen molar-refractivity contribution in [3.8, 4) is 11.3 Å². The second-order valence-corrected chi connectivity index (χ2v) is 6.62. The number of hydrogen-bond donors (Lipinski definition) is 1. The molecule has 0 atom stereocenters. The lowest BCUT2D eigenvalue weighted by molar-refractivity contribution is -0.384. The number of anilines is 1. The highest BCUT2D eigenvalue weighted by atomic mass is 16.6. The summed E-state index contributed by atoms with van der Waals surface area (Å²) in [6, 6.07) is 19.7. The number of aromatic nitrogens is 2. The summed E-state index contributed by atoms with van der Waals surface area (Å²) in [5.41, 5.74) is 1.70. The Kier molecular flexibility index (Phi) is 4.81. The van der Waals surface area contributed by atoms with Gasteiger partial charge in [-0.1, -0.05) is 36.4 Å². The first-order chi connectivity index (χ1) is 14.5. The predicted molar refractivity (Wildman–Crippen MR) is 113 cm³/mol. The molecule has 4 aromatic rings. The molecule has 4 rings (SSSR count). The van der Waals surface area contributed by atoms with Crippen molar-refractivity contribution >= 4 is 28.3 Å². The SMILES string of the molecule is Cn1c(=O)c(-c2ccccc2NC(=O)c2ccccc2)nc2cc([N+](=O)[O-])ccc21. The Labute approximate surface area is 170 Å². The van der Waals surface area contributed by atoms with Gasteiger partial charge in [-0.25, -0.2) is 4.98 Å². The van der Waals surface area contributed by atoms with Crippen LogP contribution in [0.25, 0.3) is 22.3 Å². The van der Waals surface area contributed by atoms with Gasteiger partial charge in [-0.2, -0.15) is 0 Å². The Morgan fingerprint density at radius 3 is 2.47 bits per heavy atom. The van der Waals surface area contributed by atoms with Gasteiger partial charge in [0.05, 0.1) is 21.6 Å². The fourth-order valence-electron chi connectivity index (χ4n) is 3.19. The van der Waals surface area contributed by atoms with Gasteiger partial charge in [0.1, 0.15) is 5.69 Å². The van der Waals surface area contributed by atoms with Crippen molar-refractivity contribution in [1.29, 1.82) is 0 Å². The molecule has 0 fully saturated rings. The van der Waals surface area contributed by atoms with E-state index < -0.39 is 4.92 Å². The Hall–Kier alpha value is -4.33.